The molecule has 0 unspecified atom stereocenters. The number of amidine groups is 2. The van der Waals surface area contributed by atoms with Gasteiger partial charge in [-0.3, -0.25) is 10.2 Å². The highest BCUT2D eigenvalue weighted by atomic mass is 35.5. The van der Waals surface area contributed by atoms with E-state index >= 15 is 0 Å². The van der Waals surface area contributed by atoms with Gasteiger partial charge in [0.25, 0.3) is 5.91 Å². The van der Waals surface area contributed by atoms with Gasteiger partial charge in [-0.2, -0.15) is 28.3 Å². The van der Waals surface area contributed by atoms with Crippen LogP contribution in [0.5, 0.6) is 0 Å². The normalized spacial score (nSPS) is 17.8. The van der Waals surface area contributed by atoms with E-state index in [9.17, 15) is 18.0 Å². The Morgan fingerprint density at radius 3 is 2.52 bits per heavy atom. The molecule has 1 aromatic carbocycles. The number of carbonyl (C=O) groups is 1. The Bertz CT molecular complexity index is 1090. The van der Waals surface area contributed by atoms with Crippen LogP contribution in [-0.2, 0) is 4.79 Å². The molecule has 150 valence electrons. The van der Waals surface area contributed by atoms with Gasteiger partial charge in [0, 0.05) is 10.6 Å². The summed E-state index contributed by atoms with van der Waals surface area (Å²) in [4.78, 5) is 15.8. The van der Waals surface area contributed by atoms with Gasteiger partial charge in [0.1, 0.15) is 11.5 Å². The number of aliphatic imine (C=N–C) groups is 1. The average molecular weight is 461 g/mol. The summed E-state index contributed by atoms with van der Waals surface area (Å²) in [6.45, 7) is 0. The van der Waals surface area contributed by atoms with E-state index in [0.29, 0.717) is 15.8 Å². The zero-order valence-corrected chi connectivity index (χ0v) is 16.4. The molecule has 0 saturated heterocycles. The molecule has 0 fully saturated rings. The van der Waals surface area contributed by atoms with Crippen molar-refractivity contribution in [3.63, 3.8) is 0 Å². The third-order valence-electron chi connectivity index (χ3n) is 3.74. The Hall–Kier alpha value is -2.56. The molecule has 1 aromatic heterocycles. The molecule has 29 heavy (non-hydrogen) atoms. The van der Waals surface area contributed by atoms with Crippen molar-refractivity contribution in [2.45, 2.75) is 6.18 Å². The van der Waals surface area contributed by atoms with Crippen molar-refractivity contribution in [1.29, 1.82) is 5.41 Å². The van der Waals surface area contributed by atoms with E-state index < -0.39 is 23.0 Å². The van der Waals surface area contributed by atoms with Gasteiger partial charge < -0.3 is 4.42 Å². The molecule has 0 aliphatic carbocycles. The van der Waals surface area contributed by atoms with Gasteiger partial charge in [-0.15, -0.1) is 12.4 Å². The molecule has 0 spiro atoms. The van der Waals surface area contributed by atoms with Gasteiger partial charge in [-0.1, -0.05) is 11.6 Å². The Morgan fingerprint density at radius 2 is 1.86 bits per heavy atom. The largest absolute Gasteiger partial charge is 0.457 e. The van der Waals surface area contributed by atoms with E-state index in [4.69, 9.17) is 21.4 Å². The number of nitrogens with zero attached hydrogens (tertiary/aromatic N) is 3. The van der Waals surface area contributed by atoms with E-state index in [2.05, 4.69) is 10.1 Å². The Labute approximate surface area is 177 Å². The minimum atomic E-state index is -4.69. The fourth-order valence-electron chi connectivity index (χ4n) is 2.45. The van der Waals surface area contributed by atoms with E-state index in [0.717, 1.165) is 5.56 Å². The van der Waals surface area contributed by atoms with Crippen LogP contribution in [0.1, 0.15) is 5.76 Å². The number of amides is 1. The number of nitrogens with one attached hydrogen (secondary N) is 1. The molecule has 0 radical (unpaired) electrons. The van der Waals surface area contributed by atoms with E-state index in [1.54, 1.807) is 36.4 Å². The molecule has 0 bridgehead atoms. The second kappa shape index (κ2) is 7.69. The zero-order valence-electron chi connectivity index (χ0n) is 14.0. The van der Waals surface area contributed by atoms with Crippen LogP contribution in [0.4, 0.5) is 13.2 Å². The topological polar surface area (TPSA) is 82.0 Å². The summed E-state index contributed by atoms with van der Waals surface area (Å²) < 4.78 is 44.1. The van der Waals surface area contributed by atoms with Gasteiger partial charge in [-0.05, 0) is 54.2 Å². The van der Waals surface area contributed by atoms with Crippen LogP contribution in [0, 0.1) is 5.41 Å². The maximum absolute atomic E-state index is 12.8. The van der Waals surface area contributed by atoms with Crippen molar-refractivity contribution in [3.8, 4) is 11.3 Å². The van der Waals surface area contributed by atoms with E-state index in [1.807, 2.05) is 0 Å². The summed E-state index contributed by atoms with van der Waals surface area (Å²) in [5.41, 5.74) is 0.517. The monoisotopic (exact) mass is 460 g/mol. The van der Waals surface area contributed by atoms with Crippen LogP contribution < -0.4 is 0 Å². The standard InChI is InChI=1S/C17H8ClF3N4O2S.ClH/c18-9-3-1-8(2-4-9)12-6-5-10(27-12)7-11-13(22)25-16(23-14(11)26)28-15(24-25)17(19,20)21;/h1-7,22H;1H. The first-order valence-electron chi connectivity index (χ1n) is 7.65. The highest BCUT2D eigenvalue weighted by molar-refractivity contribution is 8.27. The number of fused-ring (bicyclic) bond motifs is 1. The molecular weight excluding hydrogens is 452 g/mol. The highest BCUT2D eigenvalue weighted by Crippen LogP contribution is 2.35. The second-order valence-corrected chi connectivity index (χ2v) is 7.02. The molecule has 12 heteroatoms. The maximum atomic E-state index is 12.8. The first kappa shape index (κ1) is 21.2. The number of alkyl halides is 3. The lowest BCUT2D eigenvalue weighted by Crippen LogP contribution is -2.35. The zero-order chi connectivity index (χ0) is 20.1. The summed E-state index contributed by atoms with van der Waals surface area (Å²) in [6.07, 6.45) is -3.44. The molecule has 6 nitrogen and oxygen atoms in total. The van der Waals surface area contributed by atoms with Crippen LogP contribution in [0.2, 0.25) is 5.02 Å². The molecule has 1 amide bonds. The number of hydrazone groups is 1. The SMILES string of the molecule is Cl.N=C1C(=Cc2ccc(-c3ccc(Cl)cc3)o2)C(=O)N=C2SC(C(F)(F)F)=NN12. The first-order chi connectivity index (χ1) is 13.2. The van der Waals surface area contributed by atoms with Gasteiger partial charge in [0.15, 0.2) is 5.84 Å². The Morgan fingerprint density at radius 1 is 1.17 bits per heavy atom. The molecule has 2 aliphatic rings. The van der Waals surface area contributed by atoms with Crippen molar-refractivity contribution >= 4 is 63.8 Å². The molecule has 1 N–H and O–H groups in total. The molecular formula is C17H9Cl2F3N4O2S. The predicted octanol–water partition coefficient (Wildman–Crippen LogP) is 5.20. The number of hydrogen-bond acceptors (Lipinski definition) is 5. The van der Waals surface area contributed by atoms with Gasteiger partial charge in [-0.25, -0.2) is 0 Å². The number of halogens is 5. The van der Waals surface area contributed by atoms with Crippen molar-refractivity contribution in [2.24, 2.45) is 10.1 Å². The Balaban J connectivity index is 0.00000240. The second-order valence-electron chi connectivity index (χ2n) is 5.63. The van der Waals surface area contributed by atoms with E-state index in [-0.39, 0.29) is 40.7 Å². The van der Waals surface area contributed by atoms with Gasteiger partial charge in [0.2, 0.25) is 10.2 Å². The number of benzene rings is 1. The fraction of sp³-hybridized carbons (Fsp3) is 0.0588. The molecule has 3 heterocycles. The lowest BCUT2D eigenvalue weighted by molar-refractivity contribution is -0.114. The van der Waals surface area contributed by atoms with Crippen molar-refractivity contribution in [3.05, 3.63) is 52.8 Å². The average Bonchev–Trinajstić information content (AvgIpc) is 3.26. The minimum Gasteiger partial charge on any atom is -0.457 e. The summed E-state index contributed by atoms with van der Waals surface area (Å²) in [7, 11) is 0. The number of carbonyl (C=O) groups excluding carboxylic acids is 1. The third kappa shape index (κ3) is 4.09. The van der Waals surface area contributed by atoms with Gasteiger partial charge >= 0.3 is 6.18 Å². The summed E-state index contributed by atoms with van der Waals surface area (Å²) >= 11 is 6.04. The summed E-state index contributed by atoms with van der Waals surface area (Å²) in [5, 5.41) is 11.2. The summed E-state index contributed by atoms with van der Waals surface area (Å²) in [5.74, 6) is -0.613. The van der Waals surface area contributed by atoms with Crippen molar-refractivity contribution in [2.75, 3.05) is 0 Å². The number of thioether (sulfide) groups is 1. The van der Waals surface area contributed by atoms with Crippen molar-refractivity contribution < 1.29 is 22.4 Å². The summed E-state index contributed by atoms with van der Waals surface area (Å²) in [6, 6.07) is 10.1. The van der Waals surface area contributed by atoms with Crippen LogP contribution in [0.3, 0.4) is 0 Å². The molecule has 2 aromatic rings. The maximum Gasteiger partial charge on any atom is 0.441 e. The number of hydrogen-bond donors (Lipinski definition) is 1. The molecule has 2 aliphatic heterocycles. The van der Waals surface area contributed by atoms with Gasteiger partial charge in [0.05, 0.1) is 5.57 Å². The number of furan rings is 1. The minimum absolute atomic E-state index is 0. The number of rotatable bonds is 2. The van der Waals surface area contributed by atoms with Crippen LogP contribution >= 0.6 is 35.8 Å². The highest BCUT2D eigenvalue weighted by Gasteiger charge is 2.46. The van der Waals surface area contributed by atoms with Crippen LogP contribution in [0.15, 0.2) is 56.5 Å². The van der Waals surface area contributed by atoms with Crippen LogP contribution in [0.25, 0.3) is 17.4 Å². The molecule has 0 atom stereocenters. The van der Waals surface area contributed by atoms with E-state index in [1.165, 1.54) is 6.08 Å². The lowest BCUT2D eigenvalue weighted by atomic mass is 10.1. The Kier molecular flexibility index (Phi) is 5.61. The first-order valence-corrected chi connectivity index (χ1v) is 8.85. The molecule has 4 rings (SSSR count). The predicted molar refractivity (Wildman–Crippen MR) is 107 cm³/mol. The third-order valence-corrected chi connectivity index (χ3v) is 4.94. The quantitative estimate of drug-likeness (QED) is 0.624. The molecule has 0 saturated carbocycles. The lowest BCUT2D eigenvalue weighted by Gasteiger charge is -2.19. The fourth-order valence-corrected chi connectivity index (χ4v) is 3.33. The van der Waals surface area contributed by atoms with Crippen molar-refractivity contribution in [1.82, 2.24) is 5.01 Å². The van der Waals surface area contributed by atoms with Crippen LogP contribution in [-0.4, -0.2) is 33.1 Å². The smallest absolute Gasteiger partial charge is 0.441 e.